The quantitative estimate of drug-likeness (QED) is 0.101. The molecular weight excluding hydrogens is 695 g/mol. The van der Waals surface area contributed by atoms with Gasteiger partial charge in [-0.1, -0.05) is 42.5 Å². The van der Waals surface area contributed by atoms with Crippen LogP contribution >= 0.6 is 0 Å². The van der Waals surface area contributed by atoms with Crippen molar-refractivity contribution in [1.29, 1.82) is 0 Å². The number of methoxy groups -OCH3 is 1. The van der Waals surface area contributed by atoms with E-state index in [4.69, 9.17) is 14.5 Å². The van der Waals surface area contributed by atoms with Crippen molar-refractivity contribution < 1.29 is 14.3 Å². The second kappa shape index (κ2) is 17.5. The van der Waals surface area contributed by atoms with E-state index in [9.17, 15) is 4.79 Å². The summed E-state index contributed by atoms with van der Waals surface area (Å²) < 4.78 is 14.0. The lowest BCUT2D eigenvalue weighted by molar-refractivity contribution is 0.0776. The number of aromatic nitrogens is 2. The SMILES string of the molecule is CCOCCn1c(NC2CCN(CCC3(c4ccccc4)CCN(C(=O)c4cc([N+]5(CNC)CN(CNC)N=N5)ccc4OC)C3)CC2)nc2ccccc21. The Labute approximate surface area is 325 Å². The maximum absolute atomic E-state index is 14.5. The molecule has 3 aliphatic heterocycles. The van der Waals surface area contributed by atoms with Crippen molar-refractivity contribution in [3.63, 3.8) is 0 Å². The molecule has 3 aliphatic rings. The number of anilines is 1. The number of rotatable bonds is 17. The third kappa shape index (κ3) is 8.33. The molecule has 294 valence electrons. The molecule has 2 fully saturated rings. The minimum absolute atomic E-state index is 0.0125. The van der Waals surface area contributed by atoms with Crippen molar-refractivity contribution in [3.05, 3.63) is 83.9 Å². The summed E-state index contributed by atoms with van der Waals surface area (Å²) in [5.41, 5.74) is 4.75. The number of hydrogen-bond acceptors (Lipinski definition) is 11. The summed E-state index contributed by atoms with van der Waals surface area (Å²) in [5, 5.41) is 21.2. The number of para-hydroxylation sites is 2. The third-order valence-electron chi connectivity index (χ3n) is 11.6. The van der Waals surface area contributed by atoms with Crippen LogP contribution in [0.4, 0.5) is 11.6 Å². The number of ether oxygens (including phenoxy) is 2. The molecule has 3 aromatic carbocycles. The van der Waals surface area contributed by atoms with E-state index >= 15 is 0 Å². The highest BCUT2D eigenvalue weighted by molar-refractivity contribution is 5.98. The lowest BCUT2D eigenvalue weighted by atomic mass is 9.76. The topological polar surface area (TPSA) is 124 Å². The summed E-state index contributed by atoms with van der Waals surface area (Å²) in [6.07, 6.45) is 3.99. The Morgan fingerprint density at radius 3 is 2.55 bits per heavy atom. The van der Waals surface area contributed by atoms with Crippen LogP contribution in [0.3, 0.4) is 0 Å². The van der Waals surface area contributed by atoms with E-state index in [1.54, 1.807) is 7.11 Å². The van der Waals surface area contributed by atoms with Gasteiger partial charge in [0.25, 0.3) is 5.91 Å². The normalized spacial score (nSPS) is 21.9. The van der Waals surface area contributed by atoms with Gasteiger partial charge in [0.15, 0.2) is 12.4 Å². The van der Waals surface area contributed by atoms with Crippen LogP contribution in [-0.2, 0) is 16.7 Å². The van der Waals surface area contributed by atoms with Crippen LogP contribution in [0.2, 0.25) is 0 Å². The van der Waals surface area contributed by atoms with Crippen LogP contribution in [0.5, 0.6) is 5.75 Å². The number of hydrogen-bond donors (Lipinski definition) is 3. The predicted molar refractivity (Wildman–Crippen MR) is 217 cm³/mol. The molecule has 4 aromatic rings. The summed E-state index contributed by atoms with van der Waals surface area (Å²) in [4.78, 5) is 24.1. The second-order valence-corrected chi connectivity index (χ2v) is 15.1. The number of quaternary nitrogens is 1. The molecular formula is C41H58N11O3+. The Morgan fingerprint density at radius 1 is 0.982 bits per heavy atom. The molecule has 0 radical (unpaired) electrons. The fourth-order valence-electron chi connectivity index (χ4n) is 8.57. The first-order chi connectivity index (χ1) is 26.9. The number of likely N-dealkylation sites (tertiary alicyclic amines) is 2. The minimum atomic E-state index is -0.140. The largest absolute Gasteiger partial charge is 0.496 e. The molecule has 0 saturated carbocycles. The van der Waals surface area contributed by atoms with Gasteiger partial charge < -0.3 is 34.5 Å². The highest BCUT2D eigenvalue weighted by Gasteiger charge is 2.44. The van der Waals surface area contributed by atoms with Gasteiger partial charge >= 0.3 is 0 Å². The molecule has 0 spiro atoms. The molecule has 3 N–H and O–H groups in total. The highest BCUT2D eigenvalue weighted by Crippen LogP contribution is 2.40. The molecule has 4 heterocycles. The molecule has 2 saturated heterocycles. The maximum atomic E-state index is 14.5. The first-order valence-corrected chi connectivity index (χ1v) is 19.8. The second-order valence-electron chi connectivity index (χ2n) is 15.1. The van der Waals surface area contributed by atoms with Crippen LogP contribution in [0, 0.1) is 0 Å². The van der Waals surface area contributed by atoms with Gasteiger partial charge in [-0.3, -0.25) is 10.1 Å². The highest BCUT2D eigenvalue weighted by atomic mass is 16.5. The molecule has 2 unspecified atom stereocenters. The van der Waals surface area contributed by atoms with Gasteiger partial charge in [0.05, 0.1) is 42.2 Å². The fraction of sp³-hybridized carbons (Fsp3) is 0.512. The number of carbonyl (C=O) groups is 1. The lowest BCUT2D eigenvalue weighted by Crippen LogP contribution is -2.51. The van der Waals surface area contributed by atoms with Gasteiger partial charge in [0.2, 0.25) is 12.6 Å². The zero-order valence-corrected chi connectivity index (χ0v) is 32.9. The van der Waals surface area contributed by atoms with E-state index in [0.717, 1.165) is 74.5 Å². The number of amides is 1. The van der Waals surface area contributed by atoms with Gasteiger partial charge in [-0.15, -0.1) is 4.59 Å². The molecule has 1 amide bonds. The third-order valence-corrected chi connectivity index (χ3v) is 11.6. The molecule has 0 aliphatic carbocycles. The standard InChI is InChI=1S/C41H58N11O3/c1-5-55-26-25-51-37-14-10-9-13-36(37)45-40(51)44-33-17-21-48(22-18-33)23-19-41(32-11-7-6-8-12-32)20-24-49(28-41)39(53)35-27-34(15-16-38(35)54-4)52(30-43-3)31-50(29-42-2)46-47-52/h6-16,27,33,42-43H,5,17-26,28-31H2,1-4H3,(H,44,45)/q+1. The summed E-state index contributed by atoms with van der Waals surface area (Å²) in [6, 6.07) is 25.3. The molecule has 55 heavy (non-hydrogen) atoms. The first kappa shape index (κ1) is 38.7. The van der Waals surface area contributed by atoms with Crippen molar-refractivity contribution in [2.45, 2.75) is 50.6 Å². The van der Waals surface area contributed by atoms with E-state index in [0.29, 0.717) is 63.7 Å². The summed E-state index contributed by atoms with van der Waals surface area (Å²) in [5.74, 6) is 1.49. The Morgan fingerprint density at radius 2 is 1.78 bits per heavy atom. The summed E-state index contributed by atoms with van der Waals surface area (Å²) in [6.45, 7) is 10.2. The molecule has 2 atom stereocenters. The van der Waals surface area contributed by atoms with Gasteiger partial charge in [-0.05, 0) is 82.2 Å². The van der Waals surface area contributed by atoms with E-state index < -0.39 is 0 Å². The van der Waals surface area contributed by atoms with E-state index in [-0.39, 0.29) is 15.9 Å². The number of benzene rings is 3. The van der Waals surface area contributed by atoms with Gasteiger partial charge in [-0.2, -0.15) is 0 Å². The monoisotopic (exact) mass is 752 g/mol. The van der Waals surface area contributed by atoms with Crippen molar-refractivity contribution in [2.24, 2.45) is 10.4 Å². The summed E-state index contributed by atoms with van der Waals surface area (Å²) in [7, 11) is 5.42. The van der Waals surface area contributed by atoms with E-state index in [2.05, 4.69) is 84.4 Å². The van der Waals surface area contributed by atoms with Gasteiger partial charge in [0.1, 0.15) is 5.75 Å². The Bertz CT molecular complexity index is 1910. The predicted octanol–water partition coefficient (Wildman–Crippen LogP) is 5.05. The van der Waals surface area contributed by atoms with Crippen LogP contribution < -0.4 is 25.3 Å². The number of piperidine rings is 1. The molecule has 0 bridgehead atoms. The molecule has 14 nitrogen and oxygen atoms in total. The number of nitrogens with zero attached hydrogens (tertiary/aromatic N) is 8. The maximum Gasteiger partial charge on any atom is 0.257 e. The van der Waals surface area contributed by atoms with Crippen LogP contribution in [0.25, 0.3) is 11.0 Å². The number of nitrogens with one attached hydrogen (secondary N) is 3. The fourth-order valence-corrected chi connectivity index (χ4v) is 8.57. The van der Waals surface area contributed by atoms with E-state index in [1.807, 2.05) is 55.2 Å². The smallest absolute Gasteiger partial charge is 0.257 e. The first-order valence-electron chi connectivity index (χ1n) is 19.8. The molecule has 1 aromatic heterocycles. The van der Waals surface area contributed by atoms with Crippen molar-refractivity contribution in [1.82, 2.24) is 39.6 Å². The Hall–Kier alpha value is -4.60. The average Bonchev–Trinajstić information content (AvgIpc) is 3.94. The van der Waals surface area contributed by atoms with Crippen molar-refractivity contribution >= 4 is 28.6 Å². The Balaban J connectivity index is 1.02. The van der Waals surface area contributed by atoms with Crippen molar-refractivity contribution in [2.75, 3.05) is 92.5 Å². The number of imidazole rings is 1. The van der Waals surface area contributed by atoms with Crippen LogP contribution in [0.15, 0.2) is 83.2 Å². The van der Waals surface area contributed by atoms with Crippen LogP contribution in [-0.4, -0.2) is 123 Å². The summed E-state index contributed by atoms with van der Waals surface area (Å²) >= 11 is 0. The lowest BCUT2D eigenvalue weighted by Gasteiger charge is -2.36. The van der Waals surface area contributed by atoms with Crippen LogP contribution in [0.1, 0.15) is 48.5 Å². The molecule has 14 heteroatoms. The van der Waals surface area contributed by atoms with Crippen molar-refractivity contribution in [3.8, 4) is 5.75 Å². The zero-order chi connectivity index (χ0) is 38.3. The van der Waals surface area contributed by atoms with Gasteiger partial charge in [0, 0.05) is 62.9 Å². The Kier molecular flexibility index (Phi) is 12.3. The number of fused-ring (bicyclic) bond motifs is 1. The minimum Gasteiger partial charge on any atom is -0.496 e. The molecule has 7 rings (SSSR count). The number of carbonyl (C=O) groups excluding carboxylic acids is 1. The average molecular weight is 753 g/mol. The zero-order valence-electron chi connectivity index (χ0n) is 32.9. The van der Waals surface area contributed by atoms with Gasteiger partial charge in [-0.25, -0.2) is 9.99 Å². The van der Waals surface area contributed by atoms with E-state index in [1.165, 1.54) is 5.56 Å².